The summed E-state index contributed by atoms with van der Waals surface area (Å²) >= 11 is 5.96. The second kappa shape index (κ2) is 4.33. The quantitative estimate of drug-likeness (QED) is 0.765. The molecule has 1 atom stereocenters. The number of rotatable bonds is 2. The Morgan fingerprint density at radius 1 is 1.40 bits per heavy atom. The second-order valence-electron chi connectivity index (χ2n) is 3.78. The highest BCUT2D eigenvalue weighted by molar-refractivity contribution is 6.31. The lowest BCUT2D eigenvalue weighted by molar-refractivity contribution is 0.595. The van der Waals surface area contributed by atoms with Crippen LogP contribution in [0.5, 0.6) is 0 Å². The molecule has 1 aliphatic carbocycles. The summed E-state index contributed by atoms with van der Waals surface area (Å²) in [5.74, 6) is -0.317. The molecule has 0 saturated heterocycles. The Labute approximate surface area is 93.7 Å². The fourth-order valence-electron chi connectivity index (χ4n) is 1.97. The van der Waals surface area contributed by atoms with Crippen molar-refractivity contribution < 1.29 is 4.39 Å². The standard InChI is InChI=1S/C12H13ClFN/c13-9-6-3-7-10(14)11(9)12(15)8-4-1-2-5-8/h3-4,6-7,12H,1-2,5,15H2. The third-order valence-corrected chi connectivity index (χ3v) is 3.12. The van der Waals surface area contributed by atoms with Crippen molar-refractivity contribution in [2.45, 2.75) is 25.3 Å². The van der Waals surface area contributed by atoms with E-state index >= 15 is 0 Å². The van der Waals surface area contributed by atoms with Gasteiger partial charge in [-0.1, -0.05) is 29.3 Å². The molecule has 0 spiro atoms. The van der Waals surface area contributed by atoms with E-state index in [1.807, 2.05) is 0 Å². The van der Waals surface area contributed by atoms with E-state index in [2.05, 4.69) is 6.08 Å². The van der Waals surface area contributed by atoms with E-state index in [9.17, 15) is 4.39 Å². The van der Waals surface area contributed by atoms with Crippen molar-refractivity contribution >= 4 is 11.6 Å². The number of nitrogens with two attached hydrogens (primary N) is 1. The van der Waals surface area contributed by atoms with Crippen LogP contribution < -0.4 is 5.73 Å². The van der Waals surface area contributed by atoms with Gasteiger partial charge in [0, 0.05) is 10.6 Å². The van der Waals surface area contributed by atoms with Crippen LogP contribution in [0, 0.1) is 5.82 Å². The van der Waals surface area contributed by atoms with Crippen LogP contribution in [0.15, 0.2) is 29.8 Å². The van der Waals surface area contributed by atoms with Gasteiger partial charge in [0.15, 0.2) is 0 Å². The van der Waals surface area contributed by atoms with Crippen LogP contribution in [0.1, 0.15) is 30.9 Å². The molecular formula is C12H13ClFN. The van der Waals surface area contributed by atoms with Gasteiger partial charge >= 0.3 is 0 Å². The Kier molecular flexibility index (Phi) is 3.08. The van der Waals surface area contributed by atoms with E-state index in [0.717, 1.165) is 24.8 Å². The van der Waals surface area contributed by atoms with E-state index < -0.39 is 0 Å². The average Bonchev–Trinajstić information content (AvgIpc) is 2.69. The third-order valence-electron chi connectivity index (χ3n) is 2.79. The molecule has 1 nitrogen and oxygen atoms in total. The molecule has 15 heavy (non-hydrogen) atoms. The van der Waals surface area contributed by atoms with Crippen molar-refractivity contribution in [1.29, 1.82) is 0 Å². The van der Waals surface area contributed by atoms with Gasteiger partial charge in [-0.3, -0.25) is 0 Å². The van der Waals surface area contributed by atoms with E-state index in [1.165, 1.54) is 6.07 Å². The normalized spacial score (nSPS) is 17.7. The number of benzene rings is 1. The van der Waals surface area contributed by atoms with Gasteiger partial charge in [0.1, 0.15) is 5.82 Å². The molecule has 1 aromatic carbocycles. The summed E-state index contributed by atoms with van der Waals surface area (Å²) in [5, 5.41) is 0.412. The highest BCUT2D eigenvalue weighted by Gasteiger charge is 2.20. The first-order chi connectivity index (χ1) is 7.20. The topological polar surface area (TPSA) is 26.0 Å². The van der Waals surface area contributed by atoms with Gasteiger partial charge in [-0.05, 0) is 31.4 Å². The smallest absolute Gasteiger partial charge is 0.129 e. The van der Waals surface area contributed by atoms with Crippen molar-refractivity contribution in [2.24, 2.45) is 5.73 Å². The molecule has 1 aromatic rings. The highest BCUT2D eigenvalue weighted by atomic mass is 35.5. The molecule has 80 valence electrons. The summed E-state index contributed by atoms with van der Waals surface area (Å²) in [5.41, 5.74) is 7.53. The van der Waals surface area contributed by atoms with Crippen LogP contribution in [-0.2, 0) is 0 Å². The highest BCUT2D eigenvalue weighted by Crippen LogP contribution is 2.33. The lowest BCUT2D eigenvalue weighted by atomic mass is 9.98. The average molecular weight is 226 g/mol. The van der Waals surface area contributed by atoms with Crippen molar-refractivity contribution in [1.82, 2.24) is 0 Å². The number of allylic oxidation sites excluding steroid dienone is 1. The second-order valence-corrected chi connectivity index (χ2v) is 4.19. The molecule has 2 N–H and O–H groups in total. The lowest BCUT2D eigenvalue weighted by Crippen LogP contribution is -2.14. The monoisotopic (exact) mass is 225 g/mol. The van der Waals surface area contributed by atoms with Gasteiger partial charge in [-0.2, -0.15) is 0 Å². The van der Waals surface area contributed by atoms with Gasteiger partial charge in [0.25, 0.3) is 0 Å². The molecule has 0 bridgehead atoms. The summed E-state index contributed by atoms with van der Waals surface area (Å²) in [7, 11) is 0. The fourth-order valence-corrected chi connectivity index (χ4v) is 2.25. The summed E-state index contributed by atoms with van der Waals surface area (Å²) in [6.45, 7) is 0. The molecule has 0 fully saturated rings. The van der Waals surface area contributed by atoms with Crippen molar-refractivity contribution in [3.63, 3.8) is 0 Å². The number of hydrogen-bond donors (Lipinski definition) is 1. The van der Waals surface area contributed by atoms with E-state index in [0.29, 0.717) is 10.6 Å². The molecule has 0 radical (unpaired) electrons. The Morgan fingerprint density at radius 2 is 2.20 bits per heavy atom. The molecule has 3 heteroatoms. The van der Waals surface area contributed by atoms with Crippen LogP contribution >= 0.6 is 11.6 Å². The zero-order valence-electron chi connectivity index (χ0n) is 8.34. The molecule has 0 heterocycles. The van der Waals surface area contributed by atoms with Crippen molar-refractivity contribution in [2.75, 3.05) is 0 Å². The molecule has 0 aromatic heterocycles. The number of halogens is 2. The molecule has 1 unspecified atom stereocenters. The zero-order chi connectivity index (χ0) is 10.8. The van der Waals surface area contributed by atoms with Crippen LogP contribution in [0.25, 0.3) is 0 Å². The maximum atomic E-state index is 13.6. The van der Waals surface area contributed by atoms with E-state index in [1.54, 1.807) is 12.1 Å². The maximum absolute atomic E-state index is 13.6. The SMILES string of the molecule is NC(C1=CCCC1)c1c(F)cccc1Cl. The molecule has 2 rings (SSSR count). The van der Waals surface area contributed by atoms with Crippen LogP contribution in [-0.4, -0.2) is 0 Å². The number of hydrogen-bond acceptors (Lipinski definition) is 1. The Balaban J connectivity index is 2.36. The first-order valence-corrected chi connectivity index (χ1v) is 5.46. The third kappa shape index (κ3) is 2.06. The minimum atomic E-state index is -0.388. The van der Waals surface area contributed by atoms with Gasteiger partial charge in [0.05, 0.1) is 6.04 Å². The zero-order valence-corrected chi connectivity index (χ0v) is 9.10. The van der Waals surface area contributed by atoms with Crippen molar-refractivity contribution in [3.8, 4) is 0 Å². The molecule has 1 aliphatic rings. The van der Waals surface area contributed by atoms with E-state index in [4.69, 9.17) is 17.3 Å². The van der Waals surface area contributed by atoms with Gasteiger partial charge < -0.3 is 5.73 Å². The van der Waals surface area contributed by atoms with Crippen molar-refractivity contribution in [3.05, 3.63) is 46.3 Å². The molecule has 0 aliphatic heterocycles. The Bertz CT molecular complexity index is 380. The first-order valence-electron chi connectivity index (χ1n) is 5.08. The van der Waals surface area contributed by atoms with Gasteiger partial charge in [-0.25, -0.2) is 4.39 Å². The minimum absolute atomic E-state index is 0.317. The van der Waals surface area contributed by atoms with E-state index in [-0.39, 0.29) is 11.9 Å². The molecule has 0 amide bonds. The lowest BCUT2D eigenvalue weighted by Gasteiger charge is -2.15. The largest absolute Gasteiger partial charge is 0.320 e. The first kappa shape index (κ1) is 10.7. The maximum Gasteiger partial charge on any atom is 0.129 e. The van der Waals surface area contributed by atoms with Gasteiger partial charge in [0.2, 0.25) is 0 Å². The fraction of sp³-hybridized carbons (Fsp3) is 0.333. The minimum Gasteiger partial charge on any atom is -0.320 e. The predicted molar refractivity (Wildman–Crippen MR) is 60.3 cm³/mol. The summed E-state index contributed by atoms with van der Waals surface area (Å²) in [4.78, 5) is 0. The molecular weight excluding hydrogens is 213 g/mol. The predicted octanol–water partition coefficient (Wildman–Crippen LogP) is 3.59. The summed E-state index contributed by atoms with van der Waals surface area (Å²) < 4.78 is 13.6. The summed E-state index contributed by atoms with van der Waals surface area (Å²) in [6.07, 6.45) is 5.18. The van der Waals surface area contributed by atoms with Crippen LogP contribution in [0.4, 0.5) is 4.39 Å². The summed E-state index contributed by atoms with van der Waals surface area (Å²) in [6, 6.07) is 4.28. The van der Waals surface area contributed by atoms with Crippen LogP contribution in [0.3, 0.4) is 0 Å². The van der Waals surface area contributed by atoms with Crippen LogP contribution in [0.2, 0.25) is 5.02 Å². The Hall–Kier alpha value is -0.860. The Morgan fingerprint density at radius 3 is 2.80 bits per heavy atom. The molecule has 0 saturated carbocycles. The van der Waals surface area contributed by atoms with Gasteiger partial charge in [-0.15, -0.1) is 0 Å².